The van der Waals surface area contributed by atoms with Gasteiger partial charge in [0.25, 0.3) is 0 Å². The first kappa shape index (κ1) is 12.4. The highest BCUT2D eigenvalue weighted by Gasteiger charge is 2.30. The minimum Gasteiger partial charge on any atom is -0.314 e. The normalized spacial score (nSPS) is 22.7. The maximum Gasteiger partial charge on any atom is 0.416 e. The quantitative estimate of drug-likeness (QED) is 0.815. The van der Waals surface area contributed by atoms with Crippen molar-refractivity contribution in [3.8, 4) is 0 Å². The molecule has 2 nitrogen and oxygen atoms in total. The van der Waals surface area contributed by atoms with E-state index in [0.717, 1.165) is 37.3 Å². The van der Waals surface area contributed by atoms with E-state index >= 15 is 0 Å². The van der Waals surface area contributed by atoms with E-state index in [1.54, 1.807) is 12.1 Å². The molecule has 1 aliphatic rings. The predicted octanol–water partition coefficient (Wildman–Crippen LogP) is 2.28. The molecule has 0 unspecified atom stereocenters. The van der Waals surface area contributed by atoms with Gasteiger partial charge < -0.3 is 5.32 Å². The largest absolute Gasteiger partial charge is 0.416 e. The Balaban J connectivity index is 2.17. The second-order valence-corrected chi connectivity index (χ2v) is 4.32. The summed E-state index contributed by atoms with van der Waals surface area (Å²) >= 11 is 0. The molecule has 1 aromatic carbocycles. The van der Waals surface area contributed by atoms with E-state index < -0.39 is 11.7 Å². The Bertz CT molecular complexity index is 372. The van der Waals surface area contributed by atoms with E-state index in [9.17, 15) is 13.2 Å². The maximum atomic E-state index is 12.4. The molecule has 2 rings (SSSR count). The lowest BCUT2D eigenvalue weighted by Gasteiger charge is -2.33. The van der Waals surface area contributed by atoms with Crippen molar-refractivity contribution in [3.05, 3.63) is 35.4 Å². The summed E-state index contributed by atoms with van der Waals surface area (Å²) in [6, 6.07) is 5.59. The van der Waals surface area contributed by atoms with Crippen LogP contribution < -0.4 is 5.32 Å². The minimum atomic E-state index is -4.25. The zero-order valence-corrected chi connectivity index (χ0v) is 9.59. The van der Waals surface area contributed by atoms with Crippen LogP contribution in [0.25, 0.3) is 0 Å². The van der Waals surface area contributed by atoms with E-state index in [-0.39, 0.29) is 6.04 Å². The number of hydrogen-bond acceptors (Lipinski definition) is 2. The van der Waals surface area contributed by atoms with Crippen LogP contribution >= 0.6 is 0 Å². The highest BCUT2D eigenvalue weighted by Crippen LogP contribution is 2.30. The number of nitrogens with zero attached hydrogens (tertiary/aromatic N) is 1. The summed E-state index contributed by atoms with van der Waals surface area (Å²) in [5.41, 5.74) is 0.334. The standard InChI is InChI=1S/C12H15F3N2/c1-17-7-6-16-8-11(17)9-2-4-10(5-3-9)12(13,14)15/h2-5,11,16H,6-8H2,1H3/t11-/m1/s1. The molecule has 1 aliphatic heterocycles. The summed E-state index contributed by atoms with van der Waals surface area (Å²) in [4.78, 5) is 2.15. The van der Waals surface area contributed by atoms with Crippen LogP contribution in [-0.2, 0) is 6.18 Å². The molecule has 0 bridgehead atoms. The van der Waals surface area contributed by atoms with Crippen LogP contribution in [0.5, 0.6) is 0 Å². The van der Waals surface area contributed by atoms with Crippen LogP contribution in [0.3, 0.4) is 0 Å². The third-order valence-electron chi connectivity index (χ3n) is 3.13. The molecular formula is C12H15F3N2. The SMILES string of the molecule is CN1CCNC[C@@H]1c1ccc(C(F)(F)F)cc1. The van der Waals surface area contributed by atoms with Crippen LogP contribution in [0.2, 0.25) is 0 Å². The fourth-order valence-corrected chi connectivity index (χ4v) is 2.07. The number of nitrogens with one attached hydrogen (secondary N) is 1. The van der Waals surface area contributed by atoms with E-state index in [4.69, 9.17) is 0 Å². The van der Waals surface area contributed by atoms with Crippen molar-refractivity contribution in [1.29, 1.82) is 0 Å². The van der Waals surface area contributed by atoms with Gasteiger partial charge in [0, 0.05) is 25.7 Å². The van der Waals surface area contributed by atoms with Crippen molar-refractivity contribution in [3.63, 3.8) is 0 Å². The molecule has 1 aromatic rings. The molecule has 17 heavy (non-hydrogen) atoms. The third kappa shape index (κ3) is 2.79. The smallest absolute Gasteiger partial charge is 0.314 e. The maximum absolute atomic E-state index is 12.4. The van der Waals surface area contributed by atoms with E-state index in [1.807, 2.05) is 7.05 Å². The monoisotopic (exact) mass is 244 g/mol. The molecule has 1 heterocycles. The van der Waals surface area contributed by atoms with Crippen molar-refractivity contribution >= 4 is 0 Å². The Morgan fingerprint density at radius 2 is 1.88 bits per heavy atom. The van der Waals surface area contributed by atoms with Crippen molar-refractivity contribution < 1.29 is 13.2 Å². The summed E-state index contributed by atoms with van der Waals surface area (Å²) in [6.45, 7) is 2.61. The zero-order chi connectivity index (χ0) is 12.5. The van der Waals surface area contributed by atoms with E-state index in [1.165, 1.54) is 0 Å². The van der Waals surface area contributed by atoms with E-state index in [0.29, 0.717) is 0 Å². The lowest BCUT2D eigenvalue weighted by Crippen LogP contribution is -2.43. The van der Waals surface area contributed by atoms with Gasteiger partial charge in [-0.1, -0.05) is 12.1 Å². The van der Waals surface area contributed by atoms with Crippen molar-refractivity contribution in [1.82, 2.24) is 10.2 Å². The molecule has 0 radical (unpaired) electrons. The summed E-state index contributed by atoms with van der Waals surface area (Å²) in [7, 11) is 1.99. The molecular weight excluding hydrogens is 229 g/mol. The molecule has 0 saturated carbocycles. The van der Waals surface area contributed by atoms with Gasteiger partial charge in [-0.15, -0.1) is 0 Å². The average molecular weight is 244 g/mol. The molecule has 0 amide bonds. The Kier molecular flexibility index (Phi) is 3.40. The first-order valence-electron chi connectivity index (χ1n) is 5.56. The van der Waals surface area contributed by atoms with Gasteiger partial charge in [-0.2, -0.15) is 13.2 Å². The Morgan fingerprint density at radius 3 is 2.41 bits per heavy atom. The van der Waals surface area contributed by atoms with Gasteiger partial charge in [0.2, 0.25) is 0 Å². The molecule has 0 spiro atoms. The highest BCUT2D eigenvalue weighted by molar-refractivity contribution is 5.27. The Labute approximate surface area is 98.4 Å². The van der Waals surface area contributed by atoms with Crippen molar-refractivity contribution in [2.75, 3.05) is 26.7 Å². The number of hydrogen-bond donors (Lipinski definition) is 1. The van der Waals surface area contributed by atoms with Gasteiger partial charge in [0.05, 0.1) is 5.56 Å². The first-order valence-corrected chi connectivity index (χ1v) is 5.56. The number of likely N-dealkylation sites (N-methyl/N-ethyl adjacent to an activating group) is 1. The summed E-state index contributed by atoms with van der Waals surface area (Å²) in [5, 5.41) is 3.24. The molecule has 0 aliphatic carbocycles. The topological polar surface area (TPSA) is 15.3 Å². The number of halogens is 3. The minimum absolute atomic E-state index is 0.158. The van der Waals surface area contributed by atoms with Crippen LogP contribution in [0.4, 0.5) is 13.2 Å². The van der Waals surface area contributed by atoms with Gasteiger partial charge in [-0.3, -0.25) is 4.90 Å². The van der Waals surface area contributed by atoms with E-state index in [2.05, 4.69) is 10.2 Å². The van der Waals surface area contributed by atoms with Gasteiger partial charge in [0.15, 0.2) is 0 Å². The summed E-state index contributed by atoms with van der Waals surface area (Å²) < 4.78 is 37.2. The number of rotatable bonds is 1. The first-order chi connectivity index (χ1) is 7.98. The number of alkyl halides is 3. The number of benzene rings is 1. The second-order valence-electron chi connectivity index (χ2n) is 4.32. The van der Waals surface area contributed by atoms with Crippen molar-refractivity contribution in [2.24, 2.45) is 0 Å². The average Bonchev–Trinajstić information content (AvgIpc) is 2.29. The highest BCUT2D eigenvalue weighted by atomic mass is 19.4. The van der Waals surface area contributed by atoms with Gasteiger partial charge in [-0.05, 0) is 24.7 Å². The lowest BCUT2D eigenvalue weighted by atomic mass is 10.0. The third-order valence-corrected chi connectivity index (χ3v) is 3.13. The van der Waals surface area contributed by atoms with Crippen LogP contribution in [0.15, 0.2) is 24.3 Å². The Morgan fingerprint density at radius 1 is 1.24 bits per heavy atom. The van der Waals surface area contributed by atoms with Gasteiger partial charge in [0.1, 0.15) is 0 Å². The fraction of sp³-hybridized carbons (Fsp3) is 0.500. The van der Waals surface area contributed by atoms with Crippen molar-refractivity contribution in [2.45, 2.75) is 12.2 Å². The summed E-state index contributed by atoms with van der Waals surface area (Å²) in [5.74, 6) is 0. The molecule has 5 heteroatoms. The predicted molar refractivity (Wildman–Crippen MR) is 59.7 cm³/mol. The molecule has 0 aromatic heterocycles. The van der Waals surface area contributed by atoms with Gasteiger partial charge in [-0.25, -0.2) is 0 Å². The molecule has 1 atom stereocenters. The summed E-state index contributed by atoms with van der Waals surface area (Å²) in [6.07, 6.45) is -4.25. The Hall–Kier alpha value is -1.07. The molecule has 1 saturated heterocycles. The molecule has 94 valence electrons. The fourth-order valence-electron chi connectivity index (χ4n) is 2.07. The van der Waals surface area contributed by atoms with Crippen LogP contribution in [-0.4, -0.2) is 31.6 Å². The zero-order valence-electron chi connectivity index (χ0n) is 9.59. The second kappa shape index (κ2) is 4.66. The molecule has 1 fully saturated rings. The van der Waals surface area contributed by atoms with Crippen LogP contribution in [0.1, 0.15) is 17.2 Å². The van der Waals surface area contributed by atoms with Crippen LogP contribution in [0, 0.1) is 0 Å². The van der Waals surface area contributed by atoms with Gasteiger partial charge >= 0.3 is 6.18 Å². The lowest BCUT2D eigenvalue weighted by molar-refractivity contribution is -0.137. The molecule has 1 N–H and O–H groups in total. The number of piperazine rings is 1.